The molecule has 1 atom stereocenters. The van der Waals surface area contributed by atoms with Crippen molar-refractivity contribution in [3.8, 4) is 34.6 Å². The van der Waals surface area contributed by atoms with Gasteiger partial charge in [-0.1, -0.05) is 49.7 Å². The first-order chi connectivity index (χ1) is 21.5. The van der Waals surface area contributed by atoms with E-state index in [-0.39, 0.29) is 5.75 Å². The number of aromatic nitrogens is 4. The van der Waals surface area contributed by atoms with Crippen LogP contribution in [-0.2, 0) is 6.42 Å². The zero-order chi connectivity index (χ0) is 32.1. The number of benzene rings is 3. The Hall–Kier alpha value is -5.22. The maximum absolute atomic E-state index is 13.0. The van der Waals surface area contributed by atoms with E-state index in [0.717, 1.165) is 35.3 Å². The molecule has 0 spiro atoms. The number of ether oxygens (including phenoxy) is 1. The number of amides is 2. The second-order valence-electron chi connectivity index (χ2n) is 10.2. The van der Waals surface area contributed by atoms with Crippen molar-refractivity contribution in [1.82, 2.24) is 24.6 Å². The van der Waals surface area contributed by atoms with Crippen LogP contribution in [0.2, 0.25) is 0 Å². The van der Waals surface area contributed by atoms with Crippen molar-refractivity contribution in [3.05, 3.63) is 106 Å². The number of hydrogen-bond donors (Lipinski definition) is 1. The van der Waals surface area contributed by atoms with Gasteiger partial charge in [-0.3, -0.25) is 4.57 Å². The Bertz CT molecular complexity index is 1920. The lowest BCUT2D eigenvalue weighted by Gasteiger charge is -2.13. The molecule has 13 heteroatoms. The highest BCUT2D eigenvalue weighted by atomic mass is 32.1. The van der Waals surface area contributed by atoms with Gasteiger partial charge in [-0.25, -0.2) is 14.5 Å². The molecule has 0 radical (unpaired) electrons. The molecule has 5 rings (SSSR count). The minimum absolute atomic E-state index is 0.341. The molecule has 1 N–H and O–H groups in total. The molecule has 2 amide bonds. The number of carbonyl (C=O) groups is 1. The number of thiazole rings is 1. The van der Waals surface area contributed by atoms with Crippen LogP contribution in [0.4, 0.5) is 18.0 Å². The number of halogens is 3. The van der Waals surface area contributed by atoms with Gasteiger partial charge < -0.3 is 10.1 Å². The lowest BCUT2D eigenvalue weighted by Crippen LogP contribution is -2.28. The predicted molar refractivity (Wildman–Crippen MR) is 163 cm³/mol. The second-order valence-corrected chi connectivity index (χ2v) is 11.0. The number of alkyl halides is 3. The number of nitrogens with one attached hydrogen (secondary N) is 1. The molecular weight excluding hydrogens is 603 g/mol. The minimum atomic E-state index is -4.78. The van der Waals surface area contributed by atoms with Crippen molar-refractivity contribution >= 4 is 17.4 Å². The summed E-state index contributed by atoms with van der Waals surface area (Å²) in [6.07, 6.45) is -1.48. The summed E-state index contributed by atoms with van der Waals surface area (Å²) in [4.78, 5) is 22.1. The number of rotatable bonds is 8. The van der Waals surface area contributed by atoms with Crippen molar-refractivity contribution in [2.24, 2.45) is 4.99 Å². The molecule has 0 aliphatic heterocycles. The number of nitriles is 1. The average Bonchev–Trinajstić information content (AvgIpc) is 3.64. The Morgan fingerprint density at radius 2 is 1.84 bits per heavy atom. The van der Waals surface area contributed by atoms with E-state index in [2.05, 4.69) is 56.3 Å². The molecule has 0 saturated carbocycles. The molecule has 9 nitrogen and oxygen atoms in total. The van der Waals surface area contributed by atoms with E-state index in [9.17, 15) is 23.2 Å². The van der Waals surface area contributed by atoms with Crippen LogP contribution in [-0.4, -0.2) is 31.7 Å². The van der Waals surface area contributed by atoms with Crippen LogP contribution in [0.25, 0.3) is 22.8 Å². The standard InChI is InChI=1S/C32H28F3N7O2S/c1-4-5-23-7-6-20(2)16-28(23)42-21(3)18-45-31(42)39-30(43)38-27(17-36)22-8-10-24(11-9-22)29-37-19-41(40-29)25-12-14-26(15-13-25)44-32(33,34)35/h6-16,18-19,27H,4-5H2,1-3H3,(H,38,43). The van der Waals surface area contributed by atoms with Gasteiger partial charge in [-0.2, -0.15) is 10.3 Å². The van der Waals surface area contributed by atoms with Gasteiger partial charge in [-0.15, -0.1) is 29.6 Å². The van der Waals surface area contributed by atoms with E-state index in [1.807, 2.05) is 23.8 Å². The van der Waals surface area contributed by atoms with E-state index < -0.39 is 18.4 Å². The van der Waals surface area contributed by atoms with Crippen LogP contribution in [0.3, 0.4) is 0 Å². The largest absolute Gasteiger partial charge is 0.573 e. The van der Waals surface area contributed by atoms with Crippen LogP contribution in [0.1, 0.15) is 41.8 Å². The second kappa shape index (κ2) is 13.2. The number of carbonyl (C=O) groups excluding carboxylic acids is 1. The highest BCUT2D eigenvalue weighted by Gasteiger charge is 2.31. The van der Waals surface area contributed by atoms with E-state index >= 15 is 0 Å². The fourth-order valence-electron chi connectivity index (χ4n) is 4.70. The summed E-state index contributed by atoms with van der Waals surface area (Å²) < 4.78 is 44.6. The Morgan fingerprint density at radius 1 is 1.11 bits per heavy atom. The molecule has 5 aromatic rings. The molecule has 230 valence electrons. The third-order valence-corrected chi connectivity index (χ3v) is 7.75. The SMILES string of the molecule is CCCc1ccc(C)cc1-n1c(C)csc1=NC(=O)NC(C#N)c1ccc(-c2ncn(-c3ccc(OC(F)(F)F)cc3)n2)cc1. The van der Waals surface area contributed by atoms with Gasteiger partial charge in [0.2, 0.25) is 0 Å². The Kier molecular flexibility index (Phi) is 9.15. The van der Waals surface area contributed by atoms with Crippen LogP contribution in [0.5, 0.6) is 5.75 Å². The first-order valence-electron chi connectivity index (χ1n) is 13.9. The van der Waals surface area contributed by atoms with Gasteiger partial charge >= 0.3 is 12.4 Å². The Balaban J connectivity index is 1.31. The highest BCUT2D eigenvalue weighted by molar-refractivity contribution is 7.07. The third-order valence-electron chi connectivity index (χ3n) is 6.80. The molecular formula is C32H28F3N7O2S. The summed E-state index contributed by atoms with van der Waals surface area (Å²) in [5.41, 5.74) is 5.86. The average molecular weight is 632 g/mol. The summed E-state index contributed by atoms with van der Waals surface area (Å²) in [7, 11) is 0. The molecule has 0 saturated heterocycles. The van der Waals surface area contributed by atoms with Gasteiger partial charge in [0.1, 0.15) is 18.1 Å². The lowest BCUT2D eigenvalue weighted by molar-refractivity contribution is -0.274. The highest BCUT2D eigenvalue weighted by Crippen LogP contribution is 2.25. The van der Waals surface area contributed by atoms with Gasteiger partial charge in [-0.05, 0) is 67.3 Å². The molecule has 45 heavy (non-hydrogen) atoms. The molecule has 3 aromatic carbocycles. The molecule has 0 fully saturated rings. The smallest absolute Gasteiger partial charge is 0.406 e. The number of urea groups is 1. The van der Waals surface area contributed by atoms with Crippen molar-refractivity contribution in [2.45, 2.75) is 46.0 Å². The lowest BCUT2D eigenvalue weighted by atomic mass is 10.1. The summed E-state index contributed by atoms with van der Waals surface area (Å²) in [6.45, 7) is 6.11. The van der Waals surface area contributed by atoms with Crippen LogP contribution in [0.15, 0.2) is 83.4 Å². The van der Waals surface area contributed by atoms with Crippen molar-refractivity contribution in [2.75, 3.05) is 0 Å². The predicted octanol–water partition coefficient (Wildman–Crippen LogP) is 7.13. The number of aryl methyl sites for hydroxylation is 3. The summed E-state index contributed by atoms with van der Waals surface area (Å²) in [6, 6.07) is 18.8. The van der Waals surface area contributed by atoms with E-state index in [4.69, 9.17) is 0 Å². The van der Waals surface area contributed by atoms with Gasteiger partial charge in [0, 0.05) is 16.6 Å². The Morgan fingerprint density at radius 3 is 2.51 bits per heavy atom. The summed E-state index contributed by atoms with van der Waals surface area (Å²) >= 11 is 1.35. The topological polar surface area (TPSA) is 110 Å². The molecule has 0 aliphatic rings. The fraction of sp³-hybridized carbons (Fsp3) is 0.219. The summed E-state index contributed by atoms with van der Waals surface area (Å²) in [5, 5.41) is 18.9. The van der Waals surface area contributed by atoms with Crippen LogP contribution in [0, 0.1) is 25.2 Å². The summed E-state index contributed by atoms with van der Waals surface area (Å²) in [5.74, 6) is 0.0205. The van der Waals surface area contributed by atoms with Crippen LogP contribution < -0.4 is 14.9 Å². The minimum Gasteiger partial charge on any atom is -0.406 e. The molecule has 2 aromatic heterocycles. The maximum Gasteiger partial charge on any atom is 0.573 e. The zero-order valence-corrected chi connectivity index (χ0v) is 25.4. The number of hydrogen-bond acceptors (Lipinski definition) is 6. The molecule has 0 bridgehead atoms. The van der Waals surface area contributed by atoms with E-state index in [0.29, 0.717) is 27.4 Å². The van der Waals surface area contributed by atoms with Crippen LogP contribution >= 0.6 is 11.3 Å². The monoisotopic (exact) mass is 631 g/mol. The van der Waals surface area contributed by atoms with Crippen molar-refractivity contribution < 1.29 is 22.7 Å². The Labute approximate surface area is 260 Å². The molecule has 0 aliphatic carbocycles. The first kappa shape index (κ1) is 31.2. The van der Waals surface area contributed by atoms with E-state index in [1.165, 1.54) is 46.6 Å². The number of nitrogens with zero attached hydrogens (tertiary/aromatic N) is 6. The fourth-order valence-corrected chi connectivity index (χ4v) is 5.57. The normalized spacial score (nSPS) is 12.5. The van der Waals surface area contributed by atoms with Gasteiger partial charge in [0.25, 0.3) is 0 Å². The first-order valence-corrected chi connectivity index (χ1v) is 14.8. The molecule has 1 unspecified atom stereocenters. The molecule has 2 heterocycles. The van der Waals surface area contributed by atoms with Crippen molar-refractivity contribution in [3.63, 3.8) is 0 Å². The zero-order valence-electron chi connectivity index (χ0n) is 24.5. The third kappa shape index (κ3) is 7.47. The van der Waals surface area contributed by atoms with Gasteiger partial charge in [0.05, 0.1) is 17.4 Å². The van der Waals surface area contributed by atoms with Gasteiger partial charge in [0.15, 0.2) is 10.6 Å². The quantitative estimate of drug-likeness (QED) is 0.196. The van der Waals surface area contributed by atoms with E-state index in [1.54, 1.807) is 24.3 Å². The maximum atomic E-state index is 13.0. The van der Waals surface area contributed by atoms with Crippen molar-refractivity contribution in [1.29, 1.82) is 5.26 Å².